The van der Waals surface area contributed by atoms with Crippen molar-refractivity contribution in [3.8, 4) is 0 Å². The highest BCUT2D eigenvalue weighted by atomic mass is 16.3. The van der Waals surface area contributed by atoms with Crippen molar-refractivity contribution in [3.05, 3.63) is 12.4 Å². The van der Waals surface area contributed by atoms with E-state index in [0.717, 1.165) is 11.8 Å². The van der Waals surface area contributed by atoms with Crippen molar-refractivity contribution < 1.29 is 14.4 Å². The van der Waals surface area contributed by atoms with Crippen LogP contribution in [0, 0.1) is 11.8 Å². The molecule has 2 unspecified atom stereocenters. The number of rotatable bonds is 23. The first-order chi connectivity index (χ1) is 17.5. The normalized spacial score (nSPS) is 18.6. The van der Waals surface area contributed by atoms with Crippen LogP contribution in [0.3, 0.4) is 0 Å². The maximum absolute atomic E-state index is 8.25. The van der Waals surface area contributed by atoms with Crippen LogP contribution < -0.4 is 5.11 Å². The van der Waals surface area contributed by atoms with Crippen LogP contribution in [-0.2, 0) is 4.79 Å². The molecule has 0 aromatic carbocycles. The Balaban J connectivity index is 0.00000387. The summed E-state index contributed by atoms with van der Waals surface area (Å²) in [4.78, 5) is 10.9. The van der Waals surface area contributed by atoms with E-state index in [9.17, 15) is 0 Å². The third-order valence-corrected chi connectivity index (χ3v) is 8.19. The van der Waals surface area contributed by atoms with Gasteiger partial charge in [-0.15, -0.1) is 0 Å². The van der Waals surface area contributed by atoms with Crippen molar-refractivity contribution in [2.24, 2.45) is 11.8 Å². The van der Waals surface area contributed by atoms with Crippen molar-refractivity contribution in [1.82, 2.24) is 4.90 Å². The van der Waals surface area contributed by atoms with Gasteiger partial charge in [0, 0.05) is 24.9 Å². The van der Waals surface area contributed by atoms with Gasteiger partial charge in [0.05, 0.1) is 19.3 Å². The minimum atomic E-state index is -0.500. The molecule has 0 saturated carbocycles. The minimum Gasteiger partial charge on any atom is -0.554 e. The molecule has 4 nitrogen and oxygen atoms in total. The first kappa shape index (κ1) is 35.0. The Morgan fingerprint density at radius 3 is 1.56 bits per heavy atom. The molecule has 0 saturated heterocycles. The zero-order chi connectivity index (χ0) is 26.9. The molecule has 4 heteroatoms. The molecule has 0 aromatic rings. The second kappa shape index (κ2) is 24.3. The van der Waals surface area contributed by atoms with Gasteiger partial charge in [0.25, 0.3) is 0 Å². The van der Waals surface area contributed by atoms with Crippen molar-refractivity contribution in [2.45, 2.75) is 150 Å². The largest absolute Gasteiger partial charge is 0.554 e. The van der Waals surface area contributed by atoms with Crippen molar-refractivity contribution >= 4 is 6.47 Å². The zero-order valence-electron chi connectivity index (χ0n) is 25.2. The van der Waals surface area contributed by atoms with Gasteiger partial charge in [0.15, 0.2) is 6.67 Å². The van der Waals surface area contributed by atoms with Crippen LogP contribution in [0.2, 0.25) is 0 Å². The van der Waals surface area contributed by atoms with Crippen LogP contribution in [0.5, 0.6) is 0 Å². The zero-order valence-corrected chi connectivity index (χ0v) is 25.2. The summed E-state index contributed by atoms with van der Waals surface area (Å²) in [6.45, 7) is 16.6. The molecule has 0 radical (unpaired) electrons. The summed E-state index contributed by atoms with van der Waals surface area (Å²) in [6, 6.07) is 0. The molecule has 0 bridgehead atoms. The van der Waals surface area contributed by atoms with Crippen molar-refractivity contribution in [1.29, 1.82) is 0 Å². The van der Waals surface area contributed by atoms with Gasteiger partial charge in [0.1, 0.15) is 6.20 Å². The summed E-state index contributed by atoms with van der Waals surface area (Å²) in [7, 11) is 0. The molecule has 0 amide bonds. The highest BCUT2D eigenvalue weighted by Gasteiger charge is 2.36. The molecule has 1 heterocycles. The van der Waals surface area contributed by atoms with E-state index < -0.39 is 6.47 Å². The first-order valence-electron chi connectivity index (χ1n) is 15.9. The second-order valence-electron chi connectivity index (χ2n) is 11.4. The summed E-state index contributed by atoms with van der Waals surface area (Å²) in [6.07, 6.45) is 30.4. The number of carbonyl (C=O) groups is 1. The molecule has 0 spiro atoms. The Kier molecular flexibility index (Phi) is 23.6. The molecule has 0 aliphatic carbocycles. The quantitative estimate of drug-likeness (QED) is 0.0792. The van der Waals surface area contributed by atoms with Crippen molar-refractivity contribution in [2.75, 3.05) is 26.3 Å². The van der Waals surface area contributed by atoms with E-state index in [2.05, 4.69) is 51.9 Å². The van der Waals surface area contributed by atoms with Crippen LogP contribution in [0.1, 0.15) is 150 Å². The summed E-state index contributed by atoms with van der Waals surface area (Å²) < 4.78 is 1.24. The van der Waals surface area contributed by atoms with Gasteiger partial charge in [-0.05, 0) is 32.1 Å². The third-order valence-electron chi connectivity index (χ3n) is 8.19. The molecular formula is C32H64N2O2. The van der Waals surface area contributed by atoms with E-state index in [1.54, 1.807) is 0 Å². The van der Waals surface area contributed by atoms with Gasteiger partial charge in [-0.25, -0.2) is 0 Å². The average molecular weight is 509 g/mol. The van der Waals surface area contributed by atoms with E-state index in [1.165, 1.54) is 146 Å². The highest BCUT2D eigenvalue weighted by molar-refractivity contribution is 5.29. The predicted octanol–water partition coefficient (Wildman–Crippen LogP) is 8.27. The summed E-state index contributed by atoms with van der Waals surface area (Å²) >= 11 is 0. The summed E-state index contributed by atoms with van der Waals surface area (Å²) in [5.74, 6) is 1.77. The van der Waals surface area contributed by atoms with E-state index in [1.807, 2.05) is 0 Å². The Bertz CT molecular complexity index is 490. The highest BCUT2D eigenvalue weighted by Crippen LogP contribution is 2.29. The predicted molar refractivity (Wildman–Crippen MR) is 155 cm³/mol. The molecule has 0 N–H and O–H groups in total. The monoisotopic (exact) mass is 508 g/mol. The number of quaternary nitrogens is 1. The molecule has 1 aliphatic rings. The molecular weight excluding hydrogens is 444 g/mol. The Labute approximate surface area is 226 Å². The van der Waals surface area contributed by atoms with E-state index in [-0.39, 0.29) is 0 Å². The topological polar surface area (TPSA) is 43.4 Å². The second-order valence-corrected chi connectivity index (χ2v) is 11.4. The van der Waals surface area contributed by atoms with Crippen LogP contribution in [0.15, 0.2) is 12.4 Å². The van der Waals surface area contributed by atoms with E-state index in [0.29, 0.717) is 0 Å². The lowest BCUT2D eigenvalue weighted by Gasteiger charge is -2.38. The number of nitrogens with zero attached hydrogens (tertiary/aromatic N) is 2. The summed E-state index contributed by atoms with van der Waals surface area (Å²) in [5.41, 5.74) is 0. The van der Waals surface area contributed by atoms with Crippen LogP contribution in [0.25, 0.3) is 0 Å². The first-order valence-corrected chi connectivity index (χ1v) is 15.9. The number of carbonyl (C=O) groups excluding carboxylic acids is 1. The fraction of sp³-hybridized carbons (Fsp3) is 0.906. The lowest BCUT2D eigenvalue weighted by molar-refractivity contribution is -0.888. The smallest absolute Gasteiger partial charge is 0.158 e. The van der Waals surface area contributed by atoms with Crippen LogP contribution >= 0.6 is 0 Å². The maximum Gasteiger partial charge on any atom is 0.158 e. The van der Waals surface area contributed by atoms with Crippen LogP contribution in [0.4, 0.5) is 0 Å². The number of unbranched alkanes of at least 4 members (excludes halogenated alkanes) is 11. The molecule has 0 aromatic heterocycles. The van der Waals surface area contributed by atoms with E-state index in [4.69, 9.17) is 9.90 Å². The van der Waals surface area contributed by atoms with Gasteiger partial charge < -0.3 is 14.8 Å². The molecule has 2 atom stereocenters. The van der Waals surface area contributed by atoms with Gasteiger partial charge >= 0.3 is 0 Å². The number of carboxylic acid groups (broad SMARTS) is 1. The SMILES string of the molecule is CCCCCCCCCCCCN1C=C[N+](CC(CC)CCCC)(CC(CC)CCCC)C1.O=C[O-]. The lowest BCUT2D eigenvalue weighted by atomic mass is 9.94. The summed E-state index contributed by atoms with van der Waals surface area (Å²) in [5, 5.41) is 8.25. The third kappa shape index (κ3) is 17.4. The minimum absolute atomic E-state index is 0.500. The van der Waals surface area contributed by atoms with Crippen LogP contribution in [-0.4, -0.2) is 42.2 Å². The number of hydrogen-bond acceptors (Lipinski definition) is 3. The van der Waals surface area contributed by atoms with Crippen molar-refractivity contribution in [3.63, 3.8) is 0 Å². The average Bonchev–Trinajstić information content (AvgIpc) is 3.28. The Morgan fingerprint density at radius 2 is 1.14 bits per heavy atom. The standard InChI is InChI=1S/C31H63N2.CH2O2/c1-6-11-14-15-16-17-18-19-20-21-24-32-25-26-33(29-32,27-30(9-4)22-12-7-2)28-31(10-5)23-13-8-3;2-1-3/h25-26,30-31H,6-24,27-29H2,1-5H3;1H,(H,2,3)/q+1;/p-1. The molecule has 0 fully saturated rings. The van der Waals surface area contributed by atoms with Gasteiger partial charge in [-0.2, -0.15) is 0 Å². The molecule has 1 rings (SSSR count). The van der Waals surface area contributed by atoms with E-state index >= 15 is 0 Å². The Morgan fingerprint density at radius 1 is 0.722 bits per heavy atom. The number of hydrogen-bond donors (Lipinski definition) is 0. The fourth-order valence-electron chi connectivity index (χ4n) is 5.81. The lowest BCUT2D eigenvalue weighted by Crippen LogP contribution is -2.50. The fourth-order valence-corrected chi connectivity index (χ4v) is 5.81. The van der Waals surface area contributed by atoms with Gasteiger partial charge in [0.2, 0.25) is 0 Å². The van der Waals surface area contributed by atoms with Gasteiger partial charge in [-0.3, -0.25) is 4.48 Å². The molecule has 36 heavy (non-hydrogen) atoms. The maximum atomic E-state index is 8.25. The van der Waals surface area contributed by atoms with Gasteiger partial charge in [-0.1, -0.05) is 118 Å². The molecule has 1 aliphatic heterocycles. The Hall–Kier alpha value is -1.03. The molecule has 214 valence electrons.